The lowest BCUT2D eigenvalue weighted by Gasteiger charge is -2.11. The molecule has 2 rings (SSSR count). The molecule has 0 aliphatic carbocycles. The molecule has 0 bridgehead atoms. The molecule has 1 amide bonds. The minimum Gasteiger partial charge on any atom is -0.366 e. The first kappa shape index (κ1) is 19.4. The summed E-state index contributed by atoms with van der Waals surface area (Å²) in [6, 6.07) is 10.6. The third kappa shape index (κ3) is 4.57. The number of amides is 1. The summed E-state index contributed by atoms with van der Waals surface area (Å²) in [7, 11) is -8.18. The Balaban J connectivity index is 2.49. The number of hydrogen-bond donors (Lipinski definition) is 2. The third-order valence-corrected chi connectivity index (χ3v) is 6.57. The first-order valence-corrected chi connectivity index (χ1v) is 10.5. The van der Waals surface area contributed by atoms with Crippen LogP contribution in [0.25, 0.3) is 0 Å². The zero-order valence-electron chi connectivity index (χ0n) is 12.8. The molecule has 2 aromatic carbocycles. The number of sulfone groups is 1. The maximum Gasteiger partial charge on any atom is 0.250 e. The van der Waals surface area contributed by atoms with E-state index in [1.54, 1.807) is 30.3 Å². The molecule has 0 aliphatic rings. The standard InChI is InChI=1S/C15H15ClN2O5S2/c16-12-9-13(11(15(17)19)8-14(12)25(18,22)23)24(20,21)7-6-10-4-2-1-3-5-10/h1-5,8-9H,6-7H2,(H2,17,19)(H2,18,22,23). The van der Waals surface area contributed by atoms with Crippen LogP contribution in [0.15, 0.2) is 52.3 Å². The van der Waals surface area contributed by atoms with Gasteiger partial charge in [0.05, 0.1) is 21.2 Å². The summed E-state index contributed by atoms with van der Waals surface area (Å²) in [6.07, 6.45) is 0.204. The normalized spacial score (nSPS) is 12.1. The fourth-order valence-corrected chi connectivity index (χ4v) is 4.89. The first-order valence-electron chi connectivity index (χ1n) is 6.95. The van der Waals surface area contributed by atoms with Crippen molar-refractivity contribution in [3.05, 3.63) is 58.6 Å². The zero-order valence-corrected chi connectivity index (χ0v) is 15.2. The number of halogens is 1. The van der Waals surface area contributed by atoms with E-state index in [4.69, 9.17) is 22.5 Å². The molecule has 0 atom stereocenters. The van der Waals surface area contributed by atoms with E-state index in [0.717, 1.165) is 17.7 Å². The molecule has 0 aliphatic heterocycles. The van der Waals surface area contributed by atoms with Crippen molar-refractivity contribution >= 4 is 37.4 Å². The molecular weight excluding hydrogens is 388 g/mol. The Morgan fingerprint density at radius 2 is 1.60 bits per heavy atom. The van der Waals surface area contributed by atoms with E-state index in [2.05, 4.69) is 0 Å². The quantitative estimate of drug-likeness (QED) is 0.745. The van der Waals surface area contributed by atoms with Crippen molar-refractivity contribution in [2.75, 3.05) is 5.75 Å². The Morgan fingerprint density at radius 1 is 1.00 bits per heavy atom. The van der Waals surface area contributed by atoms with Gasteiger partial charge in [0.1, 0.15) is 4.90 Å². The molecular formula is C15H15ClN2O5S2. The second-order valence-corrected chi connectivity index (χ2v) is 9.26. The topological polar surface area (TPSA) is 137 Å². The highest BCUT2D eigenvalue weighted by Gasteiger charge is 2.26. The fourth-order valence-electron chi connectivity index (χ4n) is 2.21. The van der Waals surface area contributed by atoms with Gasteiger partial charge >= 0.3 is 0 Å². The lowest BCUT2D eigenvalue weighted by molar-refractivity contribution is 0.0997. The largest absolute Gasteiger partial charge is 0.366 e. The Morgan fingerprint density at radius 3 is 2.12 bits per heavy atom. The average Bonchev–Trinajstić information content (AvgIpc) is 2.52. The number of hydrogen-bond acceptors (Lipinski definition) is 5. The molecule has 0 aromatic heterocycles. The summed E-state index contributed by atoms with van der Waals surface area (Å²) in [5, 5.41) is 4.61. The van der Waals surface area contributed by atoms with E-state index >= 15 is 0 Å². The minimum atomic E-state index is -4.24. The van der Waals surface area contributed by atoms with Crippen LogP contribution < -0.4 is 10.9 Å². The number of rotatable bonds is 6. The van der Waals surface area contributed by atoms with Gasteiger partial charge in [0.2, 0.25) is 15.9 Å². The molecule has 0 heterocycles. The Hall–Kier alpha value is -1.94. The molecule has 10 heteroatoms. The van der Waals surface area contributed by atoms with Gasteiger partial charge in [-0.15, -0.1) is 0 Å². The molecule has 0 fully saturated rings. The van der Waals surface area contributed by atoms with Gasteiger partial charge in [0.25, 0.3) is 0 Å². The maximum atomic E-state index is 12.6. The number of benzene rings is 2. The highest BCUT2D eigenvalue weighted by Crippen LogP contribution is 2.28. The Kier molecular flexibility index (Phi) is 5.52. The van der Waals surface area contributed by atoms with Crippen LogP contribution in [0.4, 0.5) is 0 Å². The smallest absolute Gasteiger partial charge is 0.250 e. The van der Waals surface area contributed by atoms with Crippen LogP contribution in [0, 0.1) is 0 Å². The number of carbonyl (C=O) groups is 1. The Bertz CT molecular complexity index is 1020. The third-order valence-electron chi connectivity index (χ3n) is 3.44. The summed E-state index contributed by atoms with van der Waals surface area (Å²) < 4.78 is 48.2. The van der Waals surface area contributed by atoms with Crippen molar-refractivity contribution in [3.8, 4) is 0 Å². The summed E-state index contributed by atoms with van der Waals surface area (Å²) in [5.41, 5.74) is 5.52. The molecule has 2 aromatic rings. The minimum absolute atomic E-state index is 0.204. The second kappa shape index (κ2) is 7.12. The zero-order chi connectivity index (χ0) is 18.8. The molecule has 134 valence electrons. The molecule has 0 unspecified atom stereocenters. The van der Waals surface area contributed by atoms with Crippen molar-refractivity contribution in [1.29, 1.82) is 0 Å². The van der Waals surface area contributed by atoms with E-state index in [1.165, 1.54) is 0 Å². The number of sulfonamides is 1. The van der Waals surface area contributed by atoms with Crippen molar-refractivity contribution in [1.82, 2.24) is 0 Å². The van der Waals surface area contributed by atoms with Crippen LogP contribution in [0.1, 0.15) is 15.9 Å². The van der Waals surface area contributed by atoms with Crippen LogP contribution in [0.2, 0.25) is 5.02 Å². The van der Waals surface area contributed by atoms with Crippen molar-refractivity contribution in [2.45, 2.75) is 16.2 Å². The Labute approximate surface area is 150 Å². The fraction of sp³-hybridized carbons (Fsp3) is 0.133. The van der Waals surface area contributed by atoms with E-state index in [1.807, 2.05) is 0 Å². The highest BCUT2D eigenvalue weighted by atomic mass is 35.5. The van der Waals surface area contributed by atoms with Gasteiger partial charge in [-0.1, -0.05) is 41.9 Å². The average molecular weight is 403 g/mol. The van der Waals surface area contributed by atoms with E-state index < -0.39 is 46.1 Å². The van der Waals surface area contributed by atoms with Gasteiger partial charge in [-0.3, -0.25) is 4.79 Å². The van der Waals surface area contributed by atoms with Crippen LogP contribution in [-0.2, 0) is 26.3 Å². The monoisotopic (exact) mass is 402 g/mol. The van der Waals surface area contributed by atoms with Gasteiger partial charge in [-0.2, -0.15) is 0 Å². The molecule has 0 radical (unpaired) electrons. The van der Waals surface area contributed by atoms with Gasteiger partial charge in [0.15, 0.2) is 9.84 Å². The predicted octanol–water partition coefficient (Wildman–Crippen LogP) is 1.10. The van der Waals surface area contributed by atoms with Gasteiger partial charge < -0.3 is 5.73 Å². The predicted molar refractivity (Wildman–Crippen MR) is 93.5 cm³/mol. The van der Waals surface area contributed by atoms with E-state index in [-0.39, 0.29) is 12.2 Å². The SMILES string of the molecule is NC(=O)c1cc(S(N)(=O)=O)c(Cl)cc1S(=O)(=O)CCc1ccccc1. The molecule has 4 N–H and O–H groups in total. The summed E-state index contributed by atoms with van der Waals surface area (Å²) >= 11 is 5.84. The van der Waals surface area contributed by atoms with Gasteiger partial charge in [-0.25, -0.2) is 22.0 Å². The highest BCUT2D eigenvalue weighted by molar-refractivity contribution is 7.91. The lowest BCUT2D eigenvalue weighted by atomic mass is 10.2. The number of carbonyl (C=O) groups excluding carboxylic acids is 1. The summed E-state index contributed by atoms with van der Waals surface area (Å²) in [6.45, 7) is 0. The maximum absolute atomic E-state index is 12.6. The van der Waals surface area contributed by atoms with E-state index in [0.29, 0.717) is 0 Å². The molecule has 25 heavy (non-hydrogen) atoms. The van der Waals surface area contributed by atoms with Crippen LogP contribution in [-0.4, -0.2) is 28.5 Å². The van der Waals surface area contributed by atoms with Gasteiger partial charge in [-0.05, 0) is 24.1 Å². The molecule has 0 saturated heterocycles. The number of nitrogens with two attached hydrogens (primary N) is 2. The second-order valence-electron chi connectivity index (χ2n) is 5.24. The number of primary sulfonamides is 1. The van der Waals surface area contributed by atoms with Crippen molar-refractivity contribution in [2.24, 2.45) is 10.9 Å². The van der Waals surface area contributed by atoms with Crippen molar-refractivity contribution in [3.63, 3.8) is 0 Å². The molecule has 0 saturated carbocycles. The molecule has 7 nitrogen and oxygen atoms in total. The summed E-state index contributed by atoms with van der Waals surface area (Å²) in [5.74, 6) is -1.40. The van der Waals surface area contributed by atoms with Crippen LogP contribution in [0.5, 0.6) is 0 Å². The first-order chi connectivity index (χ1) is 11.5. The van der Waals surface area contributed by atoms with Gasteiger partial charge in [0, 0.05) is 0 Å². The molecule has 0 spiro atoms. The summed E-state index contributed by atoms with van der Waals surface area (Å²) in [4.78, 5) is 10.6. The number of aryl methyl sites for hydroxylation is 1. The van der Waals surface area contributed by atoms with E-state index in [9.17, 15) is 21.6 Å². The van der Waals surface area contributed by atoms with Crippen molar-refractivity contribution < 1.29 is 21.6 Å². The number of primary amides is 1. The van der Waals surface area contributed by atoms with Crippen LogP contribution in [0.3, 0.4) is 0 Å². The lowest BCUT2D eigenvalue weighted by Crippen LogP contribution is -2.21. The van der Waals surface area contributed by atoms with Crippen LogP contribution >= 0.6 is 11.6 Å².